The number of hydrogen-bond acceptors (Lipinski definition) is 8. The van der Waals surface area contributed by atoms with Gasteiger partial charge in [0.25, 0.3) is 0 Å². The normalized spacial score (nSPS) is 19.1. The van der Waals surface area contributed by atoms with Crippen LogP contribution in [0.3, 0.4) is 0 Å². The fourth-order valence-corrected chi connectivity index (χ4v) is 8.85. The Labute approximate surface area is 322 Å². The molecule has 0 radical (unpaired) electrons. The number of halogens is 1. The molecule has 2 fully saturated rings. The zero-order valence-electron chi connectivity index (χ0n) is 33.7. The van der Waals surface area contributed by atoms with Crippen LogP contribution in [0, 0.1) is 5.82 Å². The number of carbonyl (C=O) groups is 1. The molecule has 10 nitrogen and oxygen atoms in total. The van der Waals surface area contributed by atoms with Crippen molar-refractivity contribution in [2.24, 2.45) is 0 Å². The third-order valence-corrected chi connectivity index (χ3v) is 13.7. The maximum absolute atomic E-state index is 17.5. The van der Waals surface area contributed by atoms with Crippen LogP contribution in [0.5, 0.6) is 0 Å². The molecule has 5 heterocycles. The fraction of sp³-hybridized carbons (Fsp3) is 0.561. The van der Waals surface area contributed by atoms with Crippen LogP contribution in [0.15, 0.2) is 54.9 Å². The third-order valence-electron chi connectivity index (χ3n) is 10.2. The predicted octanol–water partition coefficient (Wildman–Crippen LogP) is 9.67. The van der Waals surface area contributed by atoms with Crippen LogP contribution >= 0.6 is 0 Å². The summed E-state index contributed by atoms with van der Waals surface area (Å²) >= 11 is 0. The smallest absolute Gasteiger partial charge is 0.410 e. The molecule has 0 unspecified atom stereocenters. The number of piperidine rings is 1. The van der Waals surface area contributed by atoms with Gasteiger partial charge in [0, 0.05) is 70.3 Å². The highest BCUT2D eigenvalue weighted by atomic mass is 28.3. The standard InChI is InChI=1S/C41H59FN6O4Si2/c1-41(2,3)52-40(49)47-32-16-17-33(47)24-31(23-32)37-36(42)39(46(27-50-19-21-53(4,5)6)28-51-20-22-54(7,8)9)48-38(45-37)34(26-44-48)30-15-18-35(43-25-30)29-13-11-10-12-14-29/h10-15,18,25-26,31-33H,16-17,19-24,27-28H2,1-9H3/t31-,32-,33+. The molecule has 0 spiro atoms. The van der Waals surface area contributed by atoms with Gasteiger partial charge in [-0.05, 0) is 64.6 Å². The molecule has 0 saturated carbocycles. The lowest BCUT2D eigenvalue weighted by Gasteiger charge is -2.39. The van der Waals surface area contributed by atoms with Gasteiger partial charge in [-0.3, -0.25) is 4.98 Å². The molecular weight excluding hydrogens is 716 g/mol. The van der Waals surface area contributed by atoms with Crippen LogP contribution in [0.2, 0.25) is 51.4 Å². The number of anilines is 1. The summed E-state index contributed by atoms with van der Waals surface area (Å²) in [6.07, 6.45) is 6.21. The summed E-state index contributed by atoms with van der Waals surface area (Å²) in [6, 6.07) is 16.0. The molecule has 3 aromatic heterocycles. The first-order valence-corrected chi connectivity index (χ1v) is 26.9. The molecule has 4 aromatic rings. The first-order valence-electron chi connectivity index (χ1n) is 19.5. The average Bonchev–Trinajstić information content (AvgIpc) is 3.63. The van der Waals surface area contributed by atoms with E-state index in [0.717, 1.165) is 47.3 Å². The second-order valence-corrected chi connectivity index (χ2v) is 29.6. The predicted molar refractivity (Wildman–Crippen MR) is 219 cm³/mol. The fourth-order valence-electron chi connectivity index (χ4n) is 7.33. The van der Waals surface area contributed by atoms with E-state index in [9.17, 15) is 4.79 Å². The zero-order chi connectivity index (χ0) is 38.8. The van der Waals surface area contributed by atoms with Crippen LogP contribution in [-0.4, -0.2) is 91.1 Å². The van der Waals surface area contributed by atoms with Crippen LogP contribution in [0.25, 0.3) is 28.0 Å². The molecular formula is C41H59FN6O4Si2. The van der Waals surface area contributed by atoms with Gasteiger partial charge in [-0.25, -0.2) is 14.2 Å². The number of nitrogens with zero attached hydrogens (tertiary/aromatic N) is 6. The van der Waals surface area contributed by atoms with Crippen molar-refractivity contribution in [3.8, 4) is 22.4 Å². The highest BCUT2D eigenvalue weighted by Gasteiger charge is 2.46. The summed E-state index contributed by atoms with van der Waals surface area (Å²) in [5.41, 5.74) is 3.84. The van der Waals surface area contributed by atoms with Crippen molar-refractivity contribution in [2.45, 2.75) is 121 Å². The SMILES string of the molecule is CC(C)(C)OC(=O)N1[C@@H]2CC[C@H]1C[C@H](c1nc3c(-c4ccc(-c5ccccc5)nc4)cnn3c(N(COCC[Si](C)(C)C)COCC[Si](C)(C)C)c1F)C2. The summed E-state index contributed by atoms with van der Waals surface area (Å²) < 4.78 is 37.4. The van der Waals surface area contributed by atoms with Gasteiger partial charge in [0.1, 0.15) is 19.1 Å². The van der Waals surface area contributed by atoms with Crippen LogP contribution in [0.1, 0.15) is 58.1 Å². The molecule has 3 atom stereocenters. The summed E-state index contributed by atoms with van der Waals surface area (Å²) in [6.45, 7) is 21.0. The Morgan fingerprint density at radius 2 is 1.48 bits per heavy atom. The Morgan fingerprint density at radius 1 is 0.870 bits per heavy atom. The van der Waals surface area contributed by atoms with E-state index in [1.54, 1.807) is 10.7 Å². The number of aromatic nitrogens is 4. The van der Waals surface area contributed by atoms with E-state index >= 15 is 4.39 Å². The maximum Gasteiger partial charge on any atom is 0.410 e. The molecule has 0 N–H and O–H groups in total. The van der Waals surface area contributed by atoms with Gasteiger partial charge >= 0.3 is 6.09 Å². The number of fused-ring (bicyclic) bond motifs is 3. The molecule has 1 aromatic carbocycles. The van der Waals surface area contributed by atoms with Gasteiger partial charge in [-0.2, -0.15) is 9.61 Å². The Balaban J connectivity index is 1.40. The van der Waals surface area contributed by atoms with Crippen LogP contribution < -0.4 is 4.90 Å². The van der Waals surface area contributed by atoms with Crippen LogP contribution in [-0.2, 0) is 14.2 Å². The second kappa shape index (κ2) is 16.2. The van der Waals surface area contributed by atoms with Crippen molar-refractivity contribution >= 4 is 33.7 Å². The second-order valence-electron chi connectivity index (χ2n) is 18.4. The van der Waals surface area contributed by atoms with Gasteiger partial charge in [0.15, 0.2) is 17.3 Å². The van der Waals surface area contributed by atoms with E-state index in [1.165, 1.54) is 0 Å². The summed E-state index contributed by atoms with van der Waals surface area (Å²) in [7, 11) is -2.71. The molecule has 2 saturated heterocycles. The van der Waals surface area contributed by atoms with E-state index in [4.69, 9.17) is 29.3 Å². The first-order chi connectivity index (χ1) is 25.5. The van der Waals surface area contributed by atoms with E-state index in [1.807, 2.05) is 79.2 Å². The lowest BCUT2D eigenvalue weighted by atomic mass is 9.87. The minimum atomic E-state index is -1.36. The van der Waals surface area contributed by atoms with Gasteiger partial charge in [0.2, 0.25) is 0 Å². The van der Waals surface area contributed by atoms with Gasteiger partial charge in [0.05, 0.1) is 17.6 Å². The largest absolute Gasteiger partial charge is 0.444 e. The zero-order valence-corrected chi connectivity index (χ0v) is 35.7. The Kier molecular flexibility index (Phi) is 12.0. The molecule has 2 bridgehead atoms. The number of rotatable bonds is 14. The van der Waals surface area contributed by atoms with Crippen molar-refractivity contribution in [3.63, 3.8) is 0 Å². The van der Waals surface area contributed by atoms with Crippen molar-refractivity contribution in [3.05, 3.63) is 66.4 Å². The topological polar surface area (TPSA) is 94.3 Å². The average molecular weight is 775 g/mol. The minimum Gasteiger partial charge on any atom is -0.444 e. The Morgan fingerprint density at radius 3 is 2.02 bits per heavy atom. The number of ether oxygens (including phenoxy) is 3. The number of carbonyl (C=O) groups excluding carboxylic acids is 1. The molecule has 13 heteroatoms. The van der Waals surface area contributed by atoms with E-state index in [0.29, 0.717) is 37.4 Å². The van der Waals surface area contributed by atoms with Gasteiger partial charge in [-0.15, -0.1) is 0 Å². The minimum absolute atomic E-state index is 0.0468. The number of pyridine rings is 1. The van der Waals surface area contributed by atoms with Crippen molar-refractivity contribution in [2.75, 3.05) is 31.6 Å². The van der Waals surface area contributed by atoms with Crippen molar-refractivity contribution < 1.29 is 23.4 Å². The van der Waals surface area contributed by atoms with Gasteiger partial charge in [-0.1, -0.05) is 75.7 Å². The molecule has 2 aliphatic rings. The molecule has 1 amide bonds. The van der Waals surface area contributed by atoms with E-state index < -0.39 is 27.6 Å². The highest BCUT2D eigenvalue weighted by Crippen LogP contribution is 2.45. The van der Waals surface area contributed by atoms with Crippen LogP contribution in [0.4, 0.5) is 15.0 Å². The Hall–Kier alpha value is -3.66. The lowest BCUT2D eigenvalue weighted by Crippen LogP contribution is -2.48. The molecule has 54 heavy (non-hydrogen) atoms. The third kappa shape index (κ3) is 9.76. The number of hydrogen-bond donors (Lipinski definition) is 0. The van der Waals surface area contributed by atoms with E-state index in [2.05, 4.69) is 39.3 Å². The van der Waals surface area contributed by atoms with E-state index in [-0.39, 0.29) is 43.4 Å². The summed E-state index contributed by atoms with van der Waals surface area (Å²) in [5, 5.41) is 4.77. The lowest BCUT2D eigenvalue weighted by molar-refractivity contribution is 0.00558. The van der Waals surface area contributed by atoms with Crippen molar-refractivity contribution in [1.82, 2.24) is 24.5 Å². The summed E-state index contributed by atoms with van der Waals surface area (Å²) in [5.74, 6) is -0.348. The molecule has 0 aliphatic carbocycles. The highest BCUT2D eigenvalue weighted by molar-refractivity contribution is 6.76. The Bertz CT molecular complexity index is 1850. The van der Waals surface area contributed by atoms with Gasteiger partial charge < -0.3 is 24.0 Å². The molecule has 292 valence electrons. The quantitative estimate of drug-likeness (QED) is 0.0711. The number of benzene rings is 1. The first kappa shape index (κ1) is 40.0. The number of amides is 1. The monoisotopic (exact) mass is 774 g/mol. The molecule has 6 rings (SSSR count). The summed E-state index contributed by atoms with van der Waals surface area (Å²) in [4.78, 5) is 26.9. The molecule has 2 aliphatic heterocycles. The maximum atomic E-state index is 17.5. The van der Waals surface area contributed by atoms with Crippen molar-refractivity contribution in [1.29, 1.82) is 0 Å².